The van der Waals surface area contributed by atoms with Gasteiger partial charge in [-0.1, -0.05) is 56.5 Å². The Kier molecular flexibility index (Phi) is 7.43. The quantitative estimate of drug-likeness (QED) is 0.201. The molecular formula is C21H26FNO5. The van der Waals surface area contributed by atoms with Crippen molar-refractivity contribution in [2.45, 2.75) is 51.6 Å². The van der Waals surface area contributed by atoms with Gasteiger partial charge in [0.25, 0.3) is 5.67 Å². The van der Waals surface area contributed by atoms with Crippen molar-refractivity contribution >= 4 is 23.6 Å². The van der Waals surface area contributed by atoms with Gasteiger partial charge in [-0.2, -0.15) is 0 Å². The Morgan fingerprint density at radius 1 is 1.14 bits per heavy atom. The van der Waals surface area contributed by atoms with Gasteiger partial charge in [-0.3, -0.25) is 19.3 Å². The second kappa shape index (κ2) is 9.57. The van der Waals surface area contributed by atoms with Crippen LogP contribution in [0.15, 0.2) is 30.3 Å². The molecule has 2 atom stereocenters. The fourth-order valence-corrected chi connectivity index (χ4v) is 3.35. The summed E-state index contributed by atoms with van der Waals surface area (Å²) in [7, 11) is 0. The Bertz CT molecular complexity index is 736. The smallest absolute Gasteiger partial charge is 0.353 e. The van der Waals surface area contributed by atoms with Crippen molar-refractivity contribution < 1.29 is 28.3 Å². The number of hydrogen-bond donors (Lipinski definition) is 0. The third kappa shape index (κ3) is 4.29. The van der Waals surface area contributed by atoms with Crippen LogP contribution in [0.2, 0.25) is 0 Å². The zero-order chi connectivity index (χ0) is 20.7. The first-order valence-corrected chi connectivity index (χ1v) is 9.68. The normalized spacial score (nSPS) is 18.8. The summed E-state index contributed by atoms with van der Waals surface area (Å²) in [6, 6.07) is 7.42. The van der Waals surface area contributed by atoms with Crippen LogP contribution in [-0.4, -0.2) is 47.3 Å². The molecule has 1 saturated heterocycles. The Morgan fingerprint density at radius 3 is 2.43 bits per heavy atom. The number of Topliss-reactive ketones (excluding diaryl/α,β-unsaturated/α-hetero) is 1. The summed E-state index contributed by atoms with van der Waals surface area (Å²) < 4.78 is 20.8. The molecule has 1 aliphatic rings. The summed E-state index contributed by atoms with van der Waals surface area (Å²) in [4.78, 5) is 51.4. The molecule has 2 rings (SSSR count). The van der Waals surface area contributed by atoms with E-state index in [2.05, 4.69) is 0 Å². The zero-order valence-corrected chi connectivity index (χ0v) is 16.3. The highest BCUT2D eigenvalue weighted by Crippen LogP contribution is 2.37. The Hall–Kier alpha value is -2.57. The fraction of sp³-hybridized carbons (Fsp3) is 0.524. The van der Waals surface area contributed by atoms with Crippen molar-refractivity contribution in [2.24, 2.45) is 5.92 Å². The van der Waals surface area contributed by atoms with Crippen LogP contribution in [0.5, 0.6) is 0 Å². The van der Waals surface area contributed by atoms with Crippen LogP contribution >= 0.6 is 0 Å². The first kappa shape index (κ1) is 21.7. The van der Waals surface area contributed by atoms with Gasteiger partial charge in [-0.05, 0) is 13.3 Å². The Labute approximate surface area is 164 Å². The summed E-state index contributed by atoms with van der Waals surface area (Å²) in [5.74, 6) is -5.70. The average molecular weight is 391 g/mol. The molecule has 2 amide bonds. The van der Waals surface area contributed by atoms with Crippen LogP contribution in [0.4, 0.5) is 4.39 Å². The molecule has 28 heavy (non-hydrogen) atoms. The van der Waals surface area contributed by atoms with Crippen molar-refractivity contribution in [1.82, 2.24) is 4.90 Å². The van der Waals surface area contributed by atoms with Crippen molar-refractivity contribution in [3.05, 3.63) is 35.9 Å². The molecule has 0 unspecified atom stereocenters. The van der Waals surface area contributed by atoms with Crippen LogP contribution in [0.25, 0.3) is 0 Å². The molecule has 0 radical (unpaired) electrons. The van der Waals surface area contributed by atoms with E-state index in [0.717, 1.165) is 24.2 Å². The van der Waals surface area contributed by atoms with Crippen molar-refractivity contribution in [3.63, 3.8) is 0 Å². The van der Waals surface area contributed by atoms with Gasteiger partial charge < -0.3 is 4.74 Å². The van der Waals surface area contributed by atoms with Gasteiger partial charge in [0.05, 0.1) is 6.61 Å². The van der Waals surface area contributed by atoms with Crippen LogP contribution in [-0.2, 0) is 19.1 Å². The number of unbranched alkanes of at least 4 members (excludes halogenated alkanes) is 3. The number of carbonyl (C=O) groups is 4. The highest BCUT2D eigenvalue weighted by Gasteiger charge is 2.61. The molecule has 1 fully saturated rings. The van der Waals surface area contributed by atoms with Gasteiger partial charge >= 0.3 is 5.97 Å². The van der Waals surface area contributed by atoms with Crippen LogP contribution in [0.3, 0.4) is 0 Å². The number of ketones is 1. The van der Waals surface area contributed by atoms with E-state index in [1.807, 2.05) is 6.92 Å². The lowest BCUT2D eigenvalue weighted by atomic mass is 9.81. The van der Waals surface area contributed by atoms with Crippen LogP contribution in [0, 0.1) is 5.92 Å². The van der Waals surface area contributed by atoms with Gasteiger partial charge in [0.15, 0.2) is 0 Å². The molecule has 0 N–H and O–H groups in total. The van der Waals surface area contributed by atoms with E-state index in [4.69, 9.17) is 4.74 Å². The van der Waals surface area contributed by atoms with E-state index in [0.29, 0.717) is 6.42 Å². The van der Waals surface area contributed by atoms with Gasteiger partial charge in [0, 0.05) is 18.5 Å². The Balaban J connectivity index is 2.31. The van der Waals surface area contributed by atoms with Crippen LogP contribution < -0.4 is 0 Å². The summed E-state index contributed by atoms with van der Waals surface area (Å²) >= 11 is 0. The van der Waals surface area contributed by atoms with Crippen molar-refractivity contribution in [1.29, 1.82) is 0 Å². The maximum atomic E-state index is 16.0. The maximum Gasteiger partial charge on any atom is 0.353 e. The lowest BCUT2D eigenvalue weighted by Gasteiger charge is -2.26. The number of ether oxygens (including phenoxy) is 1. The largest absolute Gasteiger partial charge is 0.463 e. The van der Waals surface area contributed by atoms with Crippen LogP contribution in [0.1, 0.15) is 56.3 Å². The molecule has 0 aromatic heterocycles. The first-order valence-electron chi connectivity index (χ1n) is 9.68. The highest BCUT2D eigenvalue weighted by molar-refractivity contribution is 6.20. The monoisotopic (exact) mass is 391 g/mol. The van der Waals surface area contributed by atoms with Gasteiger partial charge in [0.1, 0.15) is 5.92 Å². The number of amides is 2. The molecular weight excluding hydrogens is 365 g/mol. The number of esters is 1. The van der Waals surface area contributed by atoms with Crippen molar-refractivity contribution in [2.75, 3.05) is 13.2 Å². The molecule has 6 nitrogen and oxygen atoms in total. The summed E-state index contributed by atoms with van der Waals surface area (Å²) in [6.07, 6.45) is 2.86. The number of rotatable bonds is 10. The predicted molar refractivity (Wildman–Crippen MR) is 100 cm³/mol. The number of alkyl halides is 1. The lowest BCUT2D eigenvalue weighted by Crippen LogP contribution is -2.52. The topological polar surface area (TPSA) is 80.8 Å². The van der Waals surface area contributed by atoms with E-state index in [1.165, 1.54) is 31.2 Å². The highest BCUT2D eigenvalue weighted by atomic mass is 19.1. The zero-order valence-electron chi connectivity index (χ0n) is 16.3. The fourth-order valence-electron chi connectivity index (χ4n) is 3.35. The van der Waals surface area contributed by atoms with E-state index < -0.39 is 41.6 Å². The number of carbonyl (C=O) groups excluding carboxylic acids is 4. The second-order valence-electron chi connectivity index (χ2n) is 6.83. The molecule has 0 aliphatic carbocycles. The van der Waals surface area contributed by atoms with E-state index in [-0.39, 0.29) is 18.7 Å². The minimum Gasteiger partial charge on any atom is -0.463 e. The number of hydrogen-bond acceptors (Lipinski definition) is 5. The van der Waals surface area contributed by atoms with Gasteiger partial charge in [-0.25, -0.2) is 9.18 Å². The second-order valence-corrected chi connectivity index (χ2v) is 6.83. The SMILES string of the molecule is CCCCCCN1C(=O)C[C@H]([C@@](F)(C(=O)OCC)C(=O)c2ccccc2)C1=O. The van der Waals surface area contributed by atoms with E-state index in [1.54, 1.807) is 6.07 Å². The molecule has 1 aliphatic heterocycles. The van der Waals surface area contributed by atoms with Crippen molar-refractivity contribution in [3.8, 4) is 0 Å². The van der Waals surface area contributed by atoms with Gasteiger partial charge in [-0.15, -0.1) is 0 Å². The van der Waals surface area contributed by atoms with Gasteiger partial charge in [0.2, 0.25) is 17.6 Å². The summed E-state index contributed by atoms with van der Waals surface area (Å²) in [5, 5.41) is 0. The molecule has 1 aromatic rings. The van der Waals surface area contributed by atoms with E-state index >= 15 is 4.39 Å². The summed E-state index contributed by atoms with van der Waals surface area (Å²) in [6.45, 7) is 3.52. The number of halogens is 1. The minimum atomic E-state index is -3.23. The predicted octanol–water partition coefficient (Wildman–Crippen LogP) is 3.10. The minimum absolute atomic E-state index is 0.0558. The third-order valence-corrected chi connectivity index (χ3v) is 4.90. The number of likely N-dealkylation sites (tertiary alicyclic amines) is 1. The molecule has 0 bridgehead atoms. The molecule has 0 spiro atoms. The third-order valence-electron chi connectivity index (χ3n) is 4.90. The molecule has 1 heterocycles. The molecule has 7 heteroatoms. The molecule has 152 valence electrons. The first-order chi connectivity index (χ1) is 13.4. The lowest BCUT2D eigenvalue weighted by molar-refractivity contribution is -0.160. The molecule has 1 aromatic carbocycles. The number of benzene rings is 1. The summed E-state index contributed by atoms with van der Waals surface area (Å²) in [5.41, 5.74) is -3.29. The number of nitrogens with zero attached hydrogens (tertiary/aromatic N) is 1. The maximum absolute atomic E-state index is 16.0. The number of imide groups is 1. The molecule has 0 saturated carbocycles. The average Bonchev–Trinajstić information content (AvgIpc) is 2.99. The van der Waals surface area contributed by atoms with E-state index in [9.17, 15) is 19.2 Å². The Morgan fingerprint density at radius 2 is 1.82 bits per heavy atom. The standard InChI is InChI=1S/C21H26FNO5/c1-3-5-6-10-13-23-17(24)14-16(19(23)26)21(22,20(27)28-4-2)18(25)15-11-8-7-9-12-15/h7-9,11-12,16H,3-6,10,13-14H2,1-2H3/t16-,21-/m0/s1.